The molecule has 1 saturated carbocycles. The highest BCUT2D eigenvalue weighted by Crippen LogP contribution is 2.40. The van der Waals surface area contributed by atoms with Crippen molar-refractivity contribution < 1.29 is 23.2 Å². The van der Waals surface area contributed by atoms with Gasteiger partial charge in [-0.3, -0.25) is 14.9 Å². The van der Waals surface area contributed by atoms with E-state index in [0.717, 1.165) is 18.9 Å². The Labute approximate surface area is 174 Å². The largest absolute Gasteiger partial charge is 0.365 e. The maximum atomic E-state index is 13.6. The Kier molecular flexibility index (Phi) is 6.58. The minimum atomic E-state index is -0.896. The van der Waals surface area contributed by atoms with E-state index in [9.17, 15) is 23.2 Å². The van der Waals surface area contributed by atoms with Crippen molar-refractivity contribution in [3.05, 3.63) is 29.8 Å². The number of rotatable bonds is 6. The highest BCUT2D eigenvalue weighted by Gasteiger charge is 2.39. The molecule has 2 aliphatic rings. The number of amides is 4. The third-order valence-corrected chi connectivity index (χ3v) is 5.98. The lowest BCUT2D eigenvalue weighted by atomic mass is 9.90. The highest BCUT2D eigenvalue weighted by atomic mass is 19.2. The molecule has 0 radical (unpaired) electrons. The van der Waals surface area contributed by atoms with E-state index in [1.165, 1.54) is 12.1 Å². The fraction of sp³-hybridized carbons (Fsp3) is 0.571. The first-order valence-corrected chi connectivity index (χ1v) is 10.3. The van der Waals surface area contributed by atoms with Crippen LogP contribution in [0.3, 0.4) is 0 Å². The molecular weight excluding hydrogens is 394 g/mol. The number of primary amides is 1. The number of benzene rings is 1. The van der Waals surface area contributed by atoms with Gasteiger partial charge in [0.05, 0.1) is 0 Å². The van der Waals surface area contributed by atoms with E-state index in [1.54, 1.807) is 11.8 Å². The highest BCUT2D eigenvalue weighted by molar-refractivity contribution is 5.95. The van der Waals surface area contributed by atoms with Gasteiger partial charge in [-0.15, -0.1) is 0 Å². The zero-order valence-corrected chi connectivity index (χ0v) is 17.2. The van der Waals surface area contributed by atoms with E-state index in [-0.39, 0.29) is 23.8 Å². The average Bonchev–Trinajstić information content (AvgIpc) is 3.52. The van der Waals surface area contributed by atoms with Crippen LogP contribution in [-0.2, 0) is 9.59 Å². The molecule has 1 aliphatic carbocycles. The average molecular weight is 422 g/mol. The van der Waals surface area contributed by atoms with Crippen LogP contribution in [0.4, 0.5) is 19.3 Å². The third kappa shape index (κ3) is 5.06. The van der Waals surface area contributed by atoms with Crippen LogP contribution in [-0.4, -0.2) is 48.4 Å². The summed E-state index contributed by atoms with van der Waals surface area (Å²) in [6.07, 6.45) is 2.17. The van der Waals surface area contributed by atoms with Gasteiger partial charge in [0.25, 0.3) is 0 Å². The number of carbonyl (C=O) groups is 3. The molecule has 164 valence electrons. The van der Waals surface area contributed by atoms with Gasteiger partial charge in [-0.05, 0) is 44.2 Å². The number of nitrogens with one attached hydrogen (secondary N) is 1. The van der Waals surface area contributed by atoms with E-state index in [1.807, 2.05) is 11.8 Å². The van der Waals surface area contributed by atoms with Gasteiger partial charge >= 0.3 is 6.03 Å². The SMILES string of the molecule is C[C@H](C[C@H](C(=O)NC(N)=O)C1CC1)C(=O)N1CCN(c2ccc(F)c(F)c2)[C@@H](C)C1. The van der Waals surface area contributed by atoms with Crippen LogP contribution in [0.15, 0.2) is 18.2 Å². The van der Waals surface area contributed by atoms with Gasteiger partial charge in [0.1, 0.15) is 0 Å². The summed E-state index contributed by atoms with van der Waals surface area (Å²) < 4.78 is 26.8. The van der Waals surface area contributed by atoms with E-state index < -0.39 is 29.5 Å². The van der Waals surface area contributed by atoms with Gasteiger partial charge in [0, 0.05) is 49.3 Å². The Morgan fingerprint density at radius 2 is 1.90 bits per heavy atom. The Bertz CT molecular complexity index is 830. The van der Waals surface area contributed by atoms with Crippen molar-refractivity contribution >= 4 is 23.5 Å². The molecule has 3 rings (SSSR count). The van der Waals surface area contributed by atoms with Crippen LogP contribution in [0.5, 0.6) is 0 Å². The van der Waals surface area contributed by atoms with E-state index in [2.05, 4.69) is 5.32 Å². The van der Waals surface area contributed by atoms with Crippen molar-refractivity contribution in [1.82, 2.24) is 10.2 Å². The number of anilines is 1. The standard InChI is InChI=1S/C21H28F2N4O3/c1-12(9-16(14-3-4-14)19(28)25-21(24)30)20(29)26-7-8-27(13(2)11-26)15-5-6-17(22)18(23)10-15/h5-6,10,12-14,16H,3-4,7-9,11H2,1-2H3,(H3,24,25,28,30)/t12-,13+,16+/m1/s1. The zero-order chi connectivity index (χ0) is 22.0. The molecule has 1 heterocycles. The maximum Gasteiger partial charge on any atom is 0.318 e. The molecule has 0 unspecified atom stereocenters. The van der Waals surface area contributed by atoms with Crippen LogP contribution >= 0.6 is 0 Å². The molecule has 30 heavy (non-hydrogen) atoms. The van der Waals surface area contributed by atoms with Crippen LogP contribution < -0.4 is 16.0 Å². The Morgan fingerprint density at radius 3 is 2.47 bits per heavy atom. The van der Waals surface area contributed by atoms with Gasteiger partial charge in [0.15, 0.2) is 11.6 Å². The Balaban J connectivity index is 1.59. The molecule has 3 atom stereocenters. The summed E-state index contributed by atoms with van der Waals surface area (Å²) in [6, 6.07) is 2.85. The number of nitrogens with two attached hydrogens (primary N) is 1. The van der Waals surface area contributed by atoms with Gasteiger partial charge in [0.2, 0.25) is 11.8 Å². The summed E-state index contributed by atoms with van der Waals surface area (Å²) in [5, 5.41) is 2.14. The minimum Gasteiger partial charge on any atom is -0.365 e. The van der Waals surface area contributed by atoms with Crippen molar-refractivity contribution in [2.75, 3.05) is 24.5 Å². The fourth-order valence-corrected chi connectivity index (χ4v) is 4.22. The summed E-state index contributed by atoms with van der Waals surface area (Å²) >= 11 is 0. The summed E-state index contributed by atoms with van der Waals surface area (Å²) in [6.45, 7) is 5.12. The van der Waals surface area contributed by atoms with Gasteiger partial charge in [-0.1, -0.05) is 6.92 Å². The number of hydrogen-bond acceptors (Lipinski definition) is 4. The number of carbonyl (C=O) groups excluding carboxylic acids is 3. The maximum absolute atomic E-state index is 13.6. The number of imide groups is 1. The van der Waals surface area contributed by atoms with Gasteiger partial charge in [-0.2, -0.15) is 0 Å². The quantitative estimate of drug-likeness (QED) is 0.735. The molecule has 0 spiro atoms. The second kappa shape index (κ2) is 8.97. The summed E-state index contributed by atoms with van der Waals surface area (Å²) in [4.78, 5) is 40.0. The smallest absolute Gasteiger partial charge is 0.318 e. The lowest BCUT2D eigenvalue weighted by Gasteiger charge is -2.42. The van der Waals surface area contributed by atoms with E-state index in [4.69, 9.17) is 5.73 Å². The number of hydrogen-bond donors (Lipinski definition) is 2. The minimum absolute atomic E-state index is 0.0516. The van der Waals surface area contributed by atoms with Gasteiger partial charge < -0.3 is 15.5 Å². The van der Waals surface area contributed by atoms with E-state index in [0.29, 0.717) is 31.7 Å². The predicted molar refractivity (Wildman–Crippen MR) is 107 cm³/mol. The number of urea groups is 1. The van der Waals surface area contributed by atoms with Crippen molar-refractivity contribution in [2.45, 2.75) is 39.2 Å². The van der Waals surface area contributed by atoms with Crippen LogP contribution in [0.1, 0.15) is 33.1 Å². The molecule has 3 N–H and O–H groups in total. The molecule has 1 aliphatic heterocycles. The van der Waals surface area contributed by atoms with Crippen molar-refractivity contribution in [2.24, 2.45) is 23.5 Å². The number of piperazine rings is 1. The second-order valence-corrected chi connectivity index (χ2v) is 8.36. The third-order valence-electron chi connectivity index (χ3n) is 5.98. The molecule has 4 amide bonds. The molecule has 7 nitrogen and oxygen atoms in total. The van der Waals surface area contributed by atoms with Crippen molar-refractivity contribution in [1.29, 1.82) is 0 Å². The summed E-state index contributed by atoms with van der Waals surface area (Å²) in [5.74, 6) is -2.85. The zero-order valence-electron chi connectivity index (χ0n) is 17.2. The van der Waals surface area contributed by atoms with E-state index >= 15 is 0 Å². The molecule has 2 fully saturated rings. The molecule has 1 aromatic carbocycles. The monoisotopic (exact) mass is 422 g/mol. The number of nitrogens with zero attached hydrogens (tertiary/aromatic N) is 2. The first-order chi connectivity index (χ1) is 14.2. The lowest BCUT2D eigenvalue weighted by molar-refractivity contribution is -0.137. The van der Waals surface area contributed by atoms with Crippen LogP contribution in [0.2, 0.25) is 0 Å². The fourth-order valence-electron chi connectivity index (χ4n) is 4.22. The first-order valence-electron chi connectivity index (χ1n) is 10.3. The van der Waals surface area contributed by atoms with Gasteiger partial charge in [-0.25, -0.2) is 13.6 Å². The molecule has 0 bridgehead atoms. The normalized spacial score (nSPS) is 21.1. The Hall–Kier alpha value is -2.71. The van der Waals surface area contributed by atoms with Crippen LogP contribution in [0.25, 0.3) is 0 Å². The summed E-state index contributed by atoms with van der Waals surface area (Å²) in [7, 11) is 0. The molecule has 1 aromatic rings. The summed E-state index contributed by atoms with van der Waals surface area (Å²) in [5.41, 5.74) is 5.64. The number of halogens is 2. The molecular formula is C21H28F2N4O3. The Morgan fingerprint density at radius 1 is 1.20 bits per heavy atom. The molecule has 0 aromatic heterocycles. The van der Waals surface area contributed by atoms with Crippen molar-refractivity contribution in [3.8, 4) is 0 Å². The van der Waals surface area contributed by atoms with Crippen molar-refractivity contribution in [3.63, 3.8) is 0 Å². The first kappa shape index (κ1) is 22.0. The molecule has 9 heteroatoms. The topological polar surface area (TPSA) is 95.7 Å². The predicted octanol–water partition coefficient (Wildman–Crippen LogP) is 2.25. The van der Waals surface area contributed by atoms with Crippen LogP contribution in [0, 0.1) is 29.4 Å². The second-order valence-electron chi connectivity index (χ2n) is 8.36. The molecule has 1 saturated heterocycles. The lowest BCUT2D eigenvalue weighted by Crippen LogP contribution is -2.55.